The third-order valence-electron chi connectivity index (χ3n) is 3.96. The molecule has 112 valence electrons. The molecule has 0 spiro atoms. The highest BCUT2D eigenvalue weighted by Gasteiger charge is 2.42. The van der Waals surface area contributed by atoms with E-state index in [4.69, 9.17) is 0 Å². The van der Waals surface area contributed by atoms with Gasteiger partial charge in [0.15, 0.2) is 5.17 Å². The largest absolute Gasteiger partial charge is 0.358 e. The van der Waals surface area contributed by atoms with Gasteiger partial charge in [-0.25, -0.2) is 8.78 Å². The van der Waals surface area contributed by atoms with Crippen molar-refractivity contribution in [3.05, 3.63) is 35.1 Å². The lowest BCUT2D eigenvalue weighted by Crippen LogP contribution is -2.32. The van der Waals surface area contributed by atoms with Crippen molar-refractivity contribution in [2.45, 2.75) is 37.0 Å². The Labute approximate surface area is 126 Å². The molecule has 3 nitrogen and oxygen atoms in total. The Balaban J connectivity index is 1.83. The van der Waals surface area contributed by atoms with Crippen LogP contribution in [0.1, 0.15) is 36.9 Å². The van der Waals surface area contributed by atoms with E-state index < -0.39 is 17.3 Å². The second-order valence-electron chi connectivity index (χ2n) is 5.59. The fraction of sp³-hybridized carbons (Fsp3) is 0.467. The number of aryl methyl sites for hydroxylation is 1. The number of alkyl halides is 1. The van der Waals surface area contributed by atoms with Gasteiger partial charge in [0.05, 0.1) is 6.04 Å². The number of thioether (sulfide) groups is 1. The Hall–Kier alpha value is -1.43. The van der Waals surface area contributed by atoms with E-state index in [1.807, 2.05) is 6.07 Å². The van der Waals surface area contributed by atoms with E-state index in [0.717, 1.165) is 36.6 Å². The van der Waals surface area contributed by atoms with Crippen LogP contribution in [-0.4, -0.2) is 22.5 Å². The second-order valence-corrected chi connectivity index (χ2v) is 7.08. The first kappa shape index (κ1) is 14.5. The van der Waals surface area contributed by atoms with Crippen LogP contribution in [0.4, 0.5) is 8.78 Å². The van der Waals surface area contributed by atoms with Gasteiger partial charge in [-0.1, -0.05) is 23.9 Å². The third-order valence-corrected chi connectivity index (χ3v) is 5.10. The molecule has 1 unspecified atom stereocenters. The number of amidine groups is 1. The molecule has 2 aliphatic rings. The highest BCUT2D eigenvalue weighted by molar-refractivity contribution is 8.16. The van der Waals surface area contributed by atoms with Crippen LogP contribution in [0.15, 0.2) is 23.2 Å². The monoisotopic (exact) mass is 310 g/mol. The molecule has 3 rings (SSSR count). The van der Waals surface area contributed by atoms with Gasteiger partial charge in [0, 0.05) is 5.56 Å². The second kappa shape index (κ2) is 5.40. The van der Waals surface area contributed by atoms with Crippen LogP contribution in [0.25, 0.3) is 0 Å². The smallest absolute Gasteiger partial charge is 0.267 e. The zero-order valence-electron chi connectivity index (χ0n) is 11.7. The van der Waals surface area contributed by atoms with Crippen molar-refractivity contribution in [3.8, 4) is 0 Å². The van der Waals surface area contributed by atoms with Gasteiger partial charge in [-0.2, -0.15) is 4.99 Å². The van der Waals surface area contributed by atoms with Gasteiger partial charge < -0.3 is 5.32 Å². The van der Waals surface area contributed by atoms with E-state index in [2.05, 4.69) is 10.3 Å². The Morgan fingerprint density at radius 3 is 3.05 bits per heavy atom. The van der Waals surface area contributed by atoms with E-state index in [0.29, 0.717) is 10.7 Å². The molecule has 21 heavy (non-hydrogen) atoms. The molecule has 0 radical (unpaired) electrons. The maximum absolute atomic E-state index is 14.1. The molecule has 0 bridgehead atoms. The average Bonchev–Trinajstić information content (AvgIpc) is 2.74. The first-order valence-electron chi connectivity index (χ1n) is 6.95. The average molecular weight is 310 g/mol. The van der Waals surface area contributed by atoms with Crippen molar-refractivity contribution in [2.75, 3.05) is 6.67 Å². The van der Waals surface area contributed by atoms with E-state index in [9.17, 15) is 13.6 Å². The molecular formula is C15H16F2N2OS. The van der Waals surface area contributed by atoms with Gasteiger partial charge in [-0.05, 0) is 37.8 Å². The molecule has 1 aliphatic carbocycles. The summed E-state index contributed by atoms with van der Waals surface area (Å²) in [5.41, 5.74) is 1.63. The summed E-state index contributed by atoms with van der Waals surface area (Å²) in [4.78, 5) is 15.6. The molecule has 2 atom stereocenters. The lowest BCUT2D eigenvalue weighted by atomic mass is 9.87. The predicted octanol–water partition coefficient (Wildman–Crippen LogP) is 3.15. The van der Waals surface area contributed by atoms with E-state index >= 15 is 0 Å². The molecule has 1 N–H and O–H groups in total. The fourth-order valence-corrected chi connectivity index (χ4v) is 3.70. The maximum atomic E-state index is 14.1. The Kier molecular flexibility index (Phi) is 3.73. The topological polar surface area (TPSA) is 41.5 Å². The van der Waals surface area contributed by atoms with Crippen LogP contribution in [0.3, 0.4) is 0 Å². The molecule has 1 amide bonds. The zero-order chi connectivity index (χ0) is 15.0. The summed E-state index contributed by atoms with van der Waals surface area (Å²) in [5.74, 6) is -0.713. The molecule has 0 aromatic heterocycles. The highest BCUT2D eigenvalue weighted by atomic mass is 32.2. The molecular weight excluding hydrogens is 294 g/mol. The predicted molar refractivity (Wildman–Crippen MR) is 79.6 cm³/mol. The van der Waals surface area contributed by atoms with Crippen LogP contribution in [0.5, 0.6) is 0 Å². The maximum Gasteiger partial charge on any atom is 0.267 e. The number of carbonyl (C=O) groups is 1. The van der Waals surface area contributed by atoms with Crippen molar-refractivity contribution < 1.29 is 13.6 Å². The summed E-state index contributed by atoms with van der Waals surface area (Å²) in [6.07, 6.45) is 2.57. The number of aliphatic imine (C=N–C) groups is 1. The van der Waals surface area contributed by atoms with Crippen molar-refractivity contribution in [1.29, 1.82) is 0 Å². The van der Waals surface area contributed by atoms with Gasteiger partial charge in [0.2, 0.25) is 0 Å². The summed E-state index contributed by atoms with van der Waals surface area (Å²) < 4.78 is 25.9. The number of carbonyl (C=O) groups excluding carboxylic acids is 1. The van der Waals surface area contributed by atoms with Crippen molar-refractivity contribution in [2.24, 2.45) is 4.99 Å². The van der Waals surface area contributed by atoms with Crippen LogP contribution >= 0.6 is 11.8 Å². The number of benzene rings is 1. The van der Waals surface area contributed by atoms with Crippen LogP contribution in [0.2, 0.25) is 0 Å². The van der Waals surface area contributed by atoms with E-state index in [1.165, 1.54) is 13.0 Å². The normalized spacial score (nSPS) is 28.2. The molecule has 1 heterocycles. The Morgan fingerprint density at radius 2 is 2.33 bits per heavy atom. The van der Waals surface area contributed by atoms with Gasteiger partial charge in [0.25, 0.3) is 5.91 Å². The number of rotatable bonds is 2. The molecule has 0 saturated carbocycles. The van der Waals surface area contributed by atoms with Crippen molar-refractivity contribution in [3.63, 3.8) is 0 Å². The highest BCUT2D eigenvalue weighted by Crippen LogP contribution is 2.37. The fourth-order valence-electron chi connectivity index (χ4n) is 2.76. The standard InChI is InChI=1S/C15H16F2N2OS/c1-15(8-16)13(20)19-14(21-15)18-11-7-3-5-9-4-2-6-10(17)12(9)11/h2,4,6,11H,3,5,7-8H2,1H3,(H,18,19,20)/t11-,15?/m0/s1. The molecule has 0 saturated heterocycles. The minimum absolute atomic E-state index is 0.212. The lowest BCUT2D eigenvalue weighted by molar-refractivity contribution is -0.119. The summed E-state index contributed by atoms with van der Waals surface area (Å²) >= 11 is 1.09. The SMILES string of the molecule is CC1(CF)SC(N[C@H]2CCCc3cccc(F)c32)=NC1=O. The Bertz CT molecular complexity index is 620. The summed E-state index contributed by atoms with van der Waals surface area (Å²) in [6.45, 7) is 0.772. The van der Waals surface area contributed by atoms with E-state index in [-0.39, 0.29) is 11.9 Å². The molecule has 1 aromatic rings. The molecule has 6 heteroatoms. The quantitative estimate of drug-likeness (QED) is 0.912. The summed E-state index contributed by atoms with van der Waals surface area (Å²) in [7, 11) is 0. The summed E-state index contributed by atoms with van der Waals surface area (Å²) in [6, 6.07) is 4.87. The third kappa shape index (κ3) is 2.57. The summed E-state index contributed by atoms with van der Waals surface area (Å²) in [5, 5.41) is 3.51. The number of hydrogen-bond donors (Lipinski definition) is 1. The van der Waals surface area contributed by atoms with Crippen molar-refractivity contribution in [1.82, 2.24) is 5.32 Å². The lowest BCUT2D eigenvalue weighted by Gasteiger charge is -2.27. The zero-order valence-corrected chi connectivity index (χ0v) is 12.5. The van der Waals surface area contributed by atoms with Crippen LogP contribution in [0, 0.1) is 5.82 Å². The van der Waals surface area contributed by atoms with E-state index in [1.54, 1.807) is 6.07 Å². The minimum atomic E-state index is -1.14. The minimum Gasteiger partial charge on any atom is -0.358 e. The first-order valence-corrected chi connectivity index (χ1v) is 7.77. The number of nitrogens with one attached hydrogen (secondary N) is 1. The van der Waals surface area contributed by atoms with Crippen LogP contribution in [-0.2, 0) is 11.2 Å². The molecule has 0 fully saturated rings. The molecule has 1 aliphatic heterocycles. The van der Waals surface area contributed by atoms with Gasteiger partial charge >= 0.3 is 0 Å². The number of fused-ring (bicyclic) bond motifs is 1. The van der Waals surface area contributed by atoms with Gasteiger partial charge in [-0.15, -0.1) is 0 Å². The van der Waals surface area contributed by atoms with Crippen LogP contribution < -0.4 is 5.32 Å². The van der Waals surface area contributed by atoms with Gasteiger partial charge in [-0.3, -0.25) is 4.79 Å². The van der Waals surface area contributed by atoms with Gasteiger partial charge in [0.1, 0.15) is 17.2 Å². The number of nitrogens with zero attached hydrogens (tertiary/aromatic N) is 1. The number of amides is 1. The molecule has 1 aromatic carbocycles. The van der Waals surface area contributed by atoms with Crippen molar-refractivity contribution >= 4 is 22.8 Å². The Morgan fingerprint density at radius 1 is 1.52 bits per heavy atom. The number of halogens is 2. The number of hydrogen-bond acceptors (Lipinski definition) is 3. The first-order chi connectivity index (χ1) is 10.0.